The van der Waals surface area contributed by atoms with Gasteiger partial charge in [-0.2, -0.15) is 0 Å². The highest BCUT2D eigenvalue weighted by Crippen LogP contribution is 2.28. The van der Waals surface area contributed by atoms with Gasteiger partial charge in [-0.1, -0.05) is 30.3 Å². The normalized spacial score (nSPS) is 10.8. The second-order valence-corrected chi connectivity index (χ2v) is 7.62. The van der Waals surface area contributed by atoms with Gasteiger partial charge in [0.1, 0.15) is 5.75 Å². The first-order valence-electron chi connectivity index (χ1n) is 8.85. The summed E-state index contributed by atoms with van der Waals surface area (Å²) in [6, 6.07) is 17.1. The van der Waals surface area contributed by atoms with Gasteiger partial charge in [0.15, 0.2) is 5.13 Å². The quantitative estimate of drug-likeness (QED) is 0.519. The number of hydrogen-bond acceptors (Lipinski definition) is 5. The number of amides is 1. The standard InChI is InChI=1S/C22H19N3O2S/c1-13-14(2)28-22(23-13)25-21(26)18-12-20(15-7-6-8-16(11-15)27-3)24-19-10-5-4-9-17(18)19/h4-12H,1-3H3,(H,23,25,26). The molecule has 0 spiro atoms. The van der Waals surface area contributed by atoms with E-state index in [1.54, 1.807) is 7.11 Å². The number of pyridine rings is 1. The lowest BCUT2D eigenvalue weighted by molar-refractivity contribution is 0.102. The van der Waals surface area contributed by atoms with Crippen LogP contribution in [0.4, 0.5) is 5.13 Å². The van der Waals surface area contributed by atoms with Gasteiger partial charge in [0, 0.05) is 15.8 Å². The van der Waals surface area contributed by atoms with Gasteiger partial charge in [0.05, 0.1) is 29.6 Å². The van der Waals surface area contributed by atoms with Crippen molar-refractivity contribution in [2.75, 3.05) is 12.4 Å². The second-order valence-electron chi connectivity index (χ2n) is 6.42. The average molecular weight is 389 g/mol. The summed E-state index contributed by atoms with van der Waals surface area (Å²) in [5.41, 5.74) is 3.86. The Labute approximate surface area is 167 Å². The number of ether oxygens (including phenoxy) is 1. The summed E-state index contributed by atoms with van der Waals surface area (Å²) in [6.45, 7) is 3.93. The number of benzene rings is 2. The molecule has 0 radical (unpaired) electrons. The number of aromatic nitrogens is 2. The number of nitrogens with one attached hydrogen (secondary N) is 1. The fourth-order valence-corrected chi connectivity index (χ4v) is 3.79. The van der Waals surface area contributed by atoms with Gasteiger partial charge in [-0.3, -0.25) is 10.1 Å². The molecule has 4 aromatic rings. The van der Waals surface area contributed by atoms with E-state index in [2.05, 4.69) is 10.3 Å². The third-order valence-corrected chi connectivity index (χ3v) is 5.56. The number of rotatable bonds is 4. The van der Waals surface area contributed by atoms with Gasteiger partial charge in [-0.15, -0.1) is 11.3 Å². The molecule has 0 aliphatic rings. The van der Waals surface area contributed by atoms with E-state index in [0.717, 1.165) is 32.8 Å². The number of fused-ring (bicyclic) bond motifs is 1. The molecule has 0 saturated carbocycles. The van der Waals surface area contributed by atoms with Crippen molar-refractivity contribution >= 4 is 33.3 Å². The summed E-state index contributed by atoms with van der Waals surface area (Å²) in [7, 11) is 1.63. The third kappa shape index (κ3) is 3.46. The van der Waals surface area contributed by atoms with Crippen molar-refractivity contribution in [3.8, 4) is 17.0 Å². The molecule has 6 heteroatoms. The predicted molar refractivity (Wildman–Crippen MR) is 113 cm³/mol. The van der Waals surface area contributed by atoms with Crippen molar-refractivity contribution in [1.82, 2.24) is 9.97 Å². The minimum absolute atomic E-state index is 0.198. The van der Waals surface area contributed by atoms with E-state index in [-0.39, 0.29) is 5.91 Å². The zero-order valence-corrected chi connectivity index (χ0v) is 16.6. The Bertz CT molecular complexity index is 1160. The number of methoxy groups -OCH3 is 1. The highest BCUT2D eigenvalue weighted by Gasteiger charge is 2.16. The van der Waals surface area contributed by atoms with Crippen molar-refractivity contribution < 1.29 is 9.53 Å². The lowest BCUT2D eigenvalue weighted by Crippen LogP contribution is -2.13. The molecule has 0 saturated heterocycles. The summed E-state index contributed by atoms with van der Waals surface area (Å²) >= 11 is 1.47. The van der Waals surface area contributed by atoms with Gasteiger partial charge in [-0.25, -0.2) is 9.97 Å². The molecule has 0 fully saturated rings. The number of para-hydroxylation sites is 1. The van der Waals surface area contributed by atoms with E-state index in [0.29, 0.717) is 16.4 Å². The van der Waals surface area contributed by atoms with Gasteiger partial charge in [0.25, 0.3) is 5.91 Å². The summed E-state index contributed by atoms with van der Waals surface area (Å²) in [4.78, 5) is 23.3. The maximum absolute atomic E-state index is 13.1. The Morgan fingerprint density at radius 1 is 1.04 bits per heavy atom. The lowest BCUT2D eigenvalue weighted by atomic mass is 10.0. The van der Waals surface area contributed by atoms with Crippen molar-refractivity contribution in [3.05, 3.63) is 70.7 Å². The van der Waals surface area contributed by atoms with Gasteiger partial charge in [-0.05, 0) is 38.1 Å². The fraction of sp³-hybridized carbons (Fsp3) is 0.136. The van der Waals surface area contributed by atoms with Crippen LogP contribution in [0.5, 0.6) is 5.75 Å². The van der Waals surface area contributed by atoms with Crippen molar-refractivity contribution in [2.45, 2.75) is 13.8 Å². The van der Waals surface area contributed by atoms with Crippen LogP contribution in [0.15, 0.2) is 54.6 Å². The Morgan fingerprint density at radius 2 is 1.86 bits per heavy atom. The van der Waals surface area contributed by atoms with Crippen LogP contribution in [-0.4, -0.2) is 23.0 Å². The molecule has 0 aliphatic carbocycles. The molecule has 0 unspecified atom stereocenters. The predicted octanol–water partition coefficient (Wildman–Crippen LogP) is 5.24. The molecule has 2 heterocycles. The van der Waals surface area contributed by atoms with Crippen LogP contribution < -0.4 is 10.1 Å². The van der Waals surface area contributed by atoms with Gasteiger partial charge >= 0.3 is 0 Å². The van der Waals surface area contributed by atoms with Crippen LogP contribution in [0.3, 0.4) is 0 Å². The third-order valence-electron chi connectivity index (χ3n) is 4.58. The first-order chi connectivity index (χ1) is 13.5. The van der Waals surface area contributed by atoms with Crippen LogP contribution in [0.25, 0.3) is 22.2 Å². The van der Waals surface area contributed by atoms with Gasteiger partial charge in [0.2, 0.25) is 0 Å². The minimum atomic E-state index is -0.198. The molecule has 0 atom stereocenters. The molecule has 28 heavy (non-hydrogen) atoms. The molecular weight excluding hydrogens is 370 g/mol. The Kier molecular flexibility index (Phi) is 4.79. The van der Waals surface area contributed by atoms with E-state index in [9.17, 15) is 4.79 Å². The number of anilines is 1. The number of carbonyl (C=O) groups is 1. The minimum Gasteiger partial charge on any atom is -0.497 e. The van der Waals surface area contributed by atoms with Crippen LogP contribution in [0.2, 0.25) is 0 Å². The average Bonchev–Trinajstić information content (AvgIpc) is 3.03. The fourth-order valence-electron chi connectivity index (χ4n) is 2.98. The van der Waals surface area contributed by atoms with Crippen molar-refractivity contribution in [3.63, 3.8) is 0 Å². The number of aryl methyl sites for hydroxylation is 2. The molecule has 1 N–H and O–H groups in total. The molecule has 2 aromatic heterocycles. The largest absolute Gasteiger partial charge is 0.497 e. The Hall–Kier alpha value is -3.25. The molecule has 5 nitrogen and oxygen atoms in total. The number of hydrogen-bond donors (Lipinski definition) is 1. The number of carbonyl (C=O) groups excluding carboxylic acids is 1. The first kappa shape index (κ1) is 18.1. The van der Waals surface area contributed by atoms with E-state index in [1.807, 2.05) is 68.4 Å². The maximum atomic E-state index is 13.1. The summed E-state index contributed by atoms with van der Waals surface area (Å²) in [6.07, 6.45) is 0. The molecule has 1 amide bonds. The van der Waals surface area contributed by atoms with Crippen LogP contribution in [0, 0.1) is 13.8 Å². The zero-order valence-electron chi connectivity index (χ0n) is 15.8. The van der Waals surface area contributed by atoms with Crippen molar-refractivity contribution in [1.29, 1.82) is 0 Å². The van der Waals surface area contributed by atoms with E-state index >= 15 is 0 Å². The van der Waals surface area contributed by atoms with Crippen molar-refractivity contribution in [2.24, 2.45) is 0 Å². The smallest absolute Gasteiger partial charge is 0.258 e. The molecule has 4 rings (SSSR count). The summed E-state index contributed by atoms with van der Waals surface area (Å²) in [5.74, 6) is 0.545. The van der Waals surface area contributed by atoms with Crippen LogP contribution >= 0.6 is 11.3 Å². The lowest BCUT2D eigenvalue weighted by Gasteiger charge is -2.10. The Balaban J connectivity index is 1.80. The maximum Gasteiger partial charge on any atom is 0.258 e. The topological polar surface area (TPSA) is 64.1 Å². The van der Waals surface area contributed by atoms with Crippen LogP contribution in [-0.2, 0) is 0 Å². The molecule has 0 aliphatic heterocycles. The SMILES string of the molecule is COc1cccc(-c2cc(C(=O)Nc3nc(C)c(C)s3)c3ccccc3n2)c1. The highest BCUT2D eigenvalue weighted by molar-refractivity contribution is 7.15. The van der Waals surface area contributed by atoms with E-state index in [4.69, 9.17) is 9.72 Å². The van der Waals surface area contributed by atoms with E-state index < -0.39 is 0 Å². The van der Waals surface area contributed by atoms with Gasteiger partial charge < -0.3 is 4.74 Å². The van der Waals surface area contributed by atoms with Crippen LogP contribution in [0.1, 0.15) is 20.9 Å². The number of thiazole rings is 1. The molecule has 2 aromatic carbocycles. The summed E-state index contributed by atoms with van der Waals surface area (Å²) in [5, 5.41) is 4.33. The Morgan fingerprint density at radius 3 is 2.61 bits per heavy atom. The second kappa shape index (κ2) is 7.40. The molecule has 0 bridgehead atoms. The van der Waals surface area contributed by atoms with E-state index in [1.165, 1.54) is 11.3 Å². The molecular formula is C22H19N3O2S. The monoisotopic (exact) mass is 389 g/mol. The summed E-state index contributed by atoms with van der Waals surface area (Å²) < 4.78 is 5.32. The number of nitrogens with zero attached hydrogens (tertiary/aromatic N) is 2. The zero-order chi connectivity index (χ0) is 19.7. The first-order valence-corrected chi connectivity index (χ1v) is 9.66. The highest BCUT2D eigenvalue weighted by atomic mass is 32.1. The molecule has 140 valence electrons.